The minimum atomic E-state index is -0.528. The van der Waals surface area contributed by atoms with Gasteiger partial charge in [0, 0.05) is 6.42 Å². The molecule has 1 heterocycles. The zero-order valence-electron chi connectivity index (χ0n) is 8.11. The Balaban J connectivity index is 2.10. The van der Waals surface area contributed by atoms with E-state index in [-0.39, 0.29) is 11.7 Å². The largest absolute Gasteiger partial charge is 0.488 e. The van der Waals surface area contributed by atoms with E-state index in [9.17, 15) is 9.18 Å². The molecule has 2 rings (SSSR count). The number of hydrogen-bond acceptors (Lipinski definition) is 3. The molecule has 1 aliphatic heterocycles. The van der Waals surface area contributed by atoms with E-state index in [0.717, 1.165) is 6.42 Å². The molecule has 0 aromatic heterocycles. The second-order valence-corrected chi connectivity index (χ2v) is 3.40. The summed E-state index contributed by atoms with van der Waals surface area (Å²) in [7, 11) is 0. The van der Waals surface area contributed by atoms with Crippen LogP contribution in [0.3, 0.4) is 0 Å². The Morgan fingerprint density at radius 1 is 1.53 bits per heavy atom. The topological polar surface area (TPSA) is 35.5 Å². The molecule has 1 fully saturated rings. The first-order valence-electron chi connectivity index (χ1n) is 4.79. The standard InChI is InChI=1S/C11H11FO3/c12-11-2-1-9(5-8(11)6-13)15-10-3-4-14-7-10/h1-2,5-6,10H,3-4,7H2/t10-/m1/s1. The molecule has 0 unspecified atom stereocenters. The molecular weight excluding hydrogens is 199 g/mol. The van der Waals surface area contributed by atoms with Crippen LogP contribution in [0.15, 0.2) is 18.2 Å². The third-order valence-corrected chi connectivity index (χ3v) is 2.29. The number of hydrogen-bond donors (Lipinski definition) is 0. The first kappa shape index (κ1) is 10.1. The van der Waals surface area contributed by atoms with E-state index >= 15 is 0 Å². The summed E-state index contributed by atoms with van der Waals surface area (Å²) in [5.74, 6) is -0.0194. The van der Waals surface area contributed by atoms with Crippen molar-refractivity contribution in [3.63, 3.8) is 0 Å². The second-order valence-electron chi connectivity index (χ2n) is 3.40. The van der Waals surface area contributed by atoms with Crippen LogP contribution in [0, 0.1) is 5.82 Å². The maximum atomic E-state index is 13.0. The molecule has 1 aliphatic rings. The van der Waals surface area contributed by atoms with Crippen LogP contribution in [0.25, 0.3) is 0 Å². The van der Waals surface area contributed by atoms with E-state index in [1.54, 1.807) is 0 Å². The lowest BCUT2D eigenvalue weighted by Crippen LogP contribution is -2.15. The Morgan fingerprint density at radius 3 is 3.07 bits per heavy atom. The van der Waals surface area contributed by atoms with Gasteiger partial charge in [-0.15, -0.1) is 0 Å². The van der Waals surface area contributed by atoms with Gasteiger partial charge in [0.25, 0.3) is 0 Å². The summed E-state index contributed by atoms with van der Waals surface area (Å²) in [4.78, 5) is 10.5. The quantitative estimate of drug-likeness (QED) is 0.714. The molecule has 0 radical (unpaired) electrons. The fourth-order valence-corrected chi connectivity index (χ4v) is 1.48. The van der Waals surface area contributed by atoms with E-state index < -0.39 is 5.82 Å². The van der Waals surface area contributed by atoms with E-state index in [4.69, 9.17) is 9.47 Å². The van der Waals surface area contributed by atoms with Gasteiger partial charge in [-0.2, -0.15) is 0 Å². The zero-order chi connectivity index (χ0) is 10.7. The molecule has 80 valence electrons. The van der Waals surface area contributed by atoms with Crippen LogP contribution in [-0.2, 0) is 4.74 Å². The molecule has 1 atom stereocenters. The first-order valence-corrected chi connectivity index (χ1v) is 4.79. The van der Waals surface area contributed by atoms with Gasteiger partial charge < -0.3 is 9.47 Å². The maximum absolute atomic E-state index is 13.0. The number of carbonyl (C=O) groups is 1. The van der Waals surface area contributed by atoms with Gasteiger partial charge >= 0.3 is 0 Å². The van der Waals surface area contributed by atoms with Crippen LogP contribution < -0.4 is 4.74 Å². The smallest absolute Gasteiger partial charge is 0.153 e. The van der Waals surface area contributed by atoms with Crippen molar-refractivity contribution >= 4 is 6.29 Å². The van der Waals surface area contributed by atoms with Gasteiger partial charge in [-0.05, 0) is 18.2 Å². The third kappa shape index (κ3) is 2.33. The van der Waals surface area contributed by atoms with Crippen molar-refractivity contribution < 1.29 is 18.7 Å². The fourth-order valence-electron chi connectivity index (χ4n) is 1.48. The minimum absolute atomic E-state index is 0.00923. The van der Waals surface area contributed by atoms with Crippen molar-refractivity contribution in [3.8, 4) is 5.75 Å². The van der Waals surface area contributed by atoms with Gasteiger partial charge in [-0.25, -0.2) is 4.39 Å². The number of rotatable bonds is 3. The lowest BCUT2D eigenvalue weighted by molar-refractivity contribution is 0.111. The number of carbonyl (C=O) groups excluding carboxylic acids is 1. The van der Waals surface area contributed by atoms with E-state index in [1.165, 1.54) is 18.2 Å². The summed E-state index contributed by atoms with van der Waals surface area (Å²) in [6, 6.07) is 4.15. The molecule has 0 saturated carbocycles. The average Bonchev–Trinajstić information content (AvgIpc) is 2.73. The van der Waals surface area contributed by atoms with Crippen molar-refractivity contribution in [1.29, 1.82) is 0 Å². The summed E-state index contributed by atoms with van der Waals surface area (Å²) in [6.45, 7) is 1.24. The predicted molar refractivity (Wildman–Crippen MR) is 51.6 cm³/mol. The van der Waals surface area contributed by atoms with Crippen LogP contribution in [-0.4, -0.2) is 25.6 Å². The molecule has 15 heavy (non-hydrogen) atoms. The Morgan fingerprint density at radius 2 is 2.40 bits per heavy atom. The van der Waals surface area contributed by atoms with Crippen LogP contribution in [0.1, 0.15) is 16.8 Å². The monoisotopic (exact) mass is 210 g/mol. The van der Waals surface area contributed by atoms with Crippen molar-refractivity contribution in [2.45, 2.75) is 12.5 Å². The Hall–Kier alpha value is -1.42. The fraction of sp³-hybridized carbons (Fsp3) is 0.364. The van der Waals surface area contributed by atoms with Crippen LogP contribution >= 0.6 is 0 Å². The highest BCUT2D eigenvalue weighted by atomic mass is 19.1. The van der Waals surface area contributed by atoms with Gasteiger partial charge in [-0.1, -0.05) is 0 Å². The van der Waals surface area contributed by atoms with Gasteiger partial charge in [-0.3, -0.25) is 4.79 Å². The highest BCUT2D eigenvalue weighted by molar-refractivity contribution is 5.75. The first-order chi connectivity index (χ1) is 7.29. The Kier molecular flexibility index (Phi) is 2.97. The second kappa shape index (κ2) is 4.40. The molecule has 0 amide bonds. The van der Waals surface area contributed by atoms with Gasteiger partial charge in [0.2, 0.25) is 0 Å². The van der Waals surface area contributed by atoms with Gasteiger partial charge in [0.15, 0.2) is 6.29 Å². The maximum Gasteiger partial charge on any atom is 0.153 e. The van der Waals surface area contributed by atoms with Crippen LogP contribution in [0.2, 0.25) is 0 Å². The number of ether oxygens (including phenoxy) is 2. The minimum Gasteiger partial charge on any atom is -0.488 e. The van der Waals surface area contributed by atoms with E-state index in [1.807, 2.05) is 0 Å². The van der Waals surface area contributed by atoms with Crippen LogP contribution in [0.4, 0.5) is 4.39 Å². The molecule has 0 spiro atoms. The third-order valence-electron chi connectivity index (χ3n) is 2.29. The molecule has 1 aromatic rings. The summed E-state index contributed by atoms with van der Waals surface area (Å²) in [6.07, 6.45) is 1.32. The summed E-state index contributed by atoms with van der Waals surface area (Å²) < 4.78 is 23.6. The molecule has 0 N–H and O–H groups in total. The molecular formula is C11H11FO3. The summed E-state index contributed by atoms with van der Waals surface area (Å²) in [5.41, 5.74) is 0.0198. The van der Waals surface area contributed by atoms with Gasteiger partial charge in [0.05, 0.1) is 18.8 Å². The van der Waals surface area contributed by atoms with E-state index in [0.29, 0.717) is 25.2 Å². The number of halogens is 1. The Bertz CT molecular complexity index is 359. The number of benzene rings is 1. The predicted octanol–water partition coefficient (Wildman–Crippen LogP) is 1.81. The van der Waals surface area contributed by atoms with Gasteiger partial charge in [0.1, 0.15) is 17.7 Å². The summed E-state index contributed by atoms with van der Waals surface area (Å²) >= 11 is 0. The number of aldehydes is 1. The highest BCUT2D eigenvalue weighted by Crippen LogP contribution is 2.19. The lowest BCUT2D eigenvalue weighted by Gasteiger charge is -2.11. The van der Waals surface area contributed by atoms with Crippen molar-refractivity contribution in [2.75, 3.05) is 13.2 Å². The van der Waals surface area contributed by atoms with E-state index in [2.05, 4.69) is 0 Å². The van der Waals surface area contributed by atoms with Crippen molar-refractivity contribution in [3.05, 3.63) is 29.6 Å². The summed E-state index contributed by atoms with van der Waals surface area (Å²) in [5, 5.41) is 0. The van der Waals surface area contributed by atoms with Crippen molar-refractivity contribution in [1.82, 2.24) is 0 Å². The Labute approximate surface area is 86.8 Å². The molecule has 0 bridgehead atoms. The SMILES string of the molecule is O=Cc1cc(O[C@@H]2CCOC2)ccc1F. The molecule has 1 saturated heterocycles. The molecule has 0 aliphatic carbocycles. The highest BCUT2D eigenvalue weighted by Gasteiger charge is 2.17. The average molecular weight is 210 g/mol. The molecule has 1 aromatic carbocycles. The molecule has 3 nitrogen and oxygen atoms in total. The molecule has 4 heteroatoms. The van der Waals surface area contributed by atoms with Crippen molar-refractivity contribution in [2.24, 2.45) is 0 Å². The zero-order valence-corrected chi connectivity index (χ0v) is 8.11. The lowest BCUT2D eigenvalue weighted by atomic mass is 10.2. The normalized spacial score (nSPS) is 20.2. The van der Waals surface area contributed by atoms with Crippen LogP contribution in [0.5, 0.6) is 5.75 Å².